The first-order chi connectivity index (χ1) is 14.7. The van der Waals surface area contributed by atoms with Gasteiger partial charge in [-0.1, -0.05) is 80.4 Å². The highest BCUT2D eigenvalue weighted by molar-refractivity contribution is 5.90. The van der Waals surface area contributed by atoms with E-state index in [1.807, 2.05) is 36.4 Å². The van der Waals surface area contributed by atoms with Gasteiger partial charge < -0.3 is 0 Å². The molecule has 152 valence electrons. The van der Waals surface area contributed by atoms with Gasteiger partial charge in [0.2, 0.25) is 0 Å². The lowest BCUT2D eigenvalue weighted by Gasteiger charge is -2.10. The highest BCUT2D eigenvalue weighted by Gasteiger charge is 2.23. The standard InChI is InChI=1S/C25H26N4O/c1-3-4-11-18-29-25(20-14-9-6-10-15-20)23(21-16-17-22(30)28(2)26-21)24(27-29)19-12-7-5-8-13-19/h5-10,12-17H,3-4,11,18H2,1-2H3. The molecule has 0 saturated heterocycles. The fourth-order valence-corrected chi connectivity index (χ4v) is 3.70. The van der Waals surface area contributed by atoms with Crippen LogP contribution in [0.5, 0.6) is 0 Å². The van der Waals surface area contributed by atoms with Gasteiger partial charge in [0.05, 0.1) is 17.0 Å². The van der Waals surface area contributed by atoms with Crippen molar-refractivity contribution in [2.45, 2.75) is 32.7 Å². The van der Waals surface area contributed by atoms with Crippen LogP contribution in [0.3, 0.4) is 0 Å². The second-order valence-electron chi connectivity index (χ2n) is 7.41. The van der Waals surface area contributed by atoms with Gasteiger partial charge in [0.25, 0.3) is 5.56 Å². The third kappa shape index (κ3) is 3.96. The predicted molar refractivity (Wildman–Crippen MR) is 121 cm³/mol. The van der Waals surface area contributed by atoms with Gasteiger partial charge in [-0.25, -0.2) is 4.68 Å². The molecule has 0 spiro atoms. The summed E-state index contributed by atoms with van der Waals surface area (Å²) < 4.78 is 3.49. The minimum absolute atomic E-state index is 0.128. The van der Waals surface area contributed by atoms with Crippen LogP contribution < -0.4 is 5.56 Å². The molecule has 2 aromatic heterocycles. The van der Waals surface area contributed by atoms with Crippen LogP contribution in [-0.2, 0) is 13.6 Å². The number of rotatable bonds is 7. The lowest BCUT2D eigenvalue weighted by Crippen LogP contribution is -2.18. The van der Waals surface area contributed by atoms with Crippen LogP contribution in [0.2, 0.25) is 0 Å². The van der Waals surface area contributed by atoms with Gasteiger partial charge in [-0.2, -0.15) is 10.2 Å². The summed E-state index contributed by atoms with van der Waals surface area (Å²) in [4.78, 5) is 12.0. The number of benzene rings is 2. The fraction of sp³-hybridized carbons (Fsp3) is 0.240. The van der Waals surface area contributed by atoms with Crippen LogP contribution in [0.1, 0.15) is 26.2 Å². The van der Waals surface area contributed by atoms with Crippen molar-refractivity contribution in [2.24, 2.45) is 7.05 Å². The Morgan fingerprint density at radius 2 is 1.47 bits per heavy atom. The summed E-state index contributed by atoms with van der Waals surface area (Å²) in [5.41, 5.74) is 5.63. The molecule has 5 heteroatoms. The van der Waals surface area contributed by atoms with Gasteiger partial charge in [-0.05, 0) is 12.5 Å². The van der Waals surface area contributed by atoms with Crippen LogP contribution in [0.15, 0.2) is 77.6 Å². The molecule has 30 heavy (non-hydrogen) atoms. The first-order valence-electron chi connectivity index (χ1n) is 10.5. The van der Waals surface area contributed by atoms with Gasteiger partial charge in [-0.3, -0.25) is 9.48 Å². The van der Waals surface area contributed by atoms with Crippen molar-refractivity contribution in [2.75, 3.05) is 0 Å². The SMILES string of the molecule is CCCCCn1nc(-c2ccccc2)c(-c2ccc(=O)n(C)n2)c1-c1ccccc1. The fourth-order valence-electron chi connectivity index (χ4n) is 3.70. The van der Waals surface area contributed by atoms with Crippen molar-refractivity contribution in [1.82, 2.24) is 19.6 Å². The summed E-state index contributed by atoms with van der Waals surface area (Å²) in [6.45, 7) is 3.04. The average Bonchev–Trinajstić information content (AvgIpc) is 3.16. The Morgan fingerprint density at radius 3 is 2.10 bits per heavy atom. The second-order valence-corrected chi connectivity index (χ2v) is 7.41. The van der Waals surface area contributed by atoms with E-state index in [4.69, 9.17) is 5.10 Å². The van der Waals surface area contributed by atoms with E-state index < -0.39 is 0 Å². The van der Waals surface area contributed by atoms with Crippen molar-refractivity contribution in [1.29, 1.82) is 0 Å². The summed E-state index contributed by atoms with van der Waals surface area (Å²) in [6, 6.07) is 23.9. The first kappa shape index (κ1) is 19.8. The molecule has 0 aliphatic heterocycles. The number of nitrogens with zero attached hydrogens (tertiary/aromatic N) is 4. The van der Waals surface area contributed by atoms with E-state index in [-0.39, 0.29) is 5.56 Å². The van der Waals surface area contributed by atoms with E-state index in [0.717, 1.165) is 59.6 Å². The molecule has 0 aliphatic rings. The van der Waals surface area contributed by atoms with Gasteiger partial charge in [0.15, 0.2) is 0 Å². The minimum Gasteiger partial charge on any atom is -0.268 e. The maximum absolute atomic E-state index is 12.0. The molecule has 0 atom stereocenters. The average molecular weight is 399 g/mol. The normalized spacial score (nSPS) is 11.0. The van der Waals surface area contributed by atoms with Crippen molar-refractivity contribution in [3.05, 3.63) is 83.2 Å². The molecule has 0 bridgehead atoms. The maximum atomic E-state index is 12.0. The van der Waals surface area contributed by atoms with Crippen molar-refractivity contribution >= 4 is 0 Å². The highest BCUT2D eigenvalue weighted by Crippen LogP contribution is 2.39. The van der Waals surface area contributed by atoms with Crippen LogP contribution in [0.25, 0.3) is 33.8 Å². The van der Waals surface area contributed by atoms with Crippen LogP contribution in [0.4, 0.5) is 0 Å². The minimum atomic E-state index is -0.128. The van der Waals surface area contributed by atoms with E-state index in [2.05, 4.69) is 41.0 Å². The molecule has 0 fully saturated rings. The number of hydrogen-bond donors (Lipinski definition) is 0. The molecule has 0 radical (unpaired) electrons. The Bertz CT molecular complexity index is 1180. The largest absolute Gasteiger partial charge is 0.268 e. The quantitative estimate of drug-likeness (QED) is 0.404. The third-order valence-electron chi connectivity index (χ3n) is 5.24. The van der Waals surface area contributed by atoms with Gasteiger partial charge >= 0.3 is 0 Å². The zero-order valence-corrected chi connectivity index (χ0v) is 17.5. The Labute approximate surface area is 176 Å². The molecule has 2 heterocycles. The van der Waals surface area contributed by atoms with E-state index in [1.54, 1.807) is 19.2 Å². The number of aryl methyl sites for hydroxylation is 2. The number of aromatic nitrogens is 4. The van der Waals surface area contributed by atoms with Crippen LogP contribution in [-0.4, -0.2) is 19.6 Å². The van der Waals surface area contributed by atoms with Crippen LogP contribution in [0, 0.1) is 0 Å². The maximum Gasteiger partial charge on any atom is 0.266 e. The summed E-state index contributed by atoms with van der Waals surface area (Å²) in [6.07, 6.45) is 3.37. The third-order valence-corrected chi connectivity index (χ3v) is 5.24. The molecule has 0 unspecified atom stereocenters. The summed E-state index contributed by atoms with van der Waals surface area (Å²) in [5, 5.41) is 9.62. The summed E-state index contributed by atoms with van der Waals surface area (Å²) >= 11 is 0. The Kier molecular flexibility index (Phi) is 5.89. The monoisotopic (exact) mass is 398 g/mol. The molecule has 0 N–H and O–H groups in total. The Hall–Kier alpha value is -3.47. The Morgan fingerprint density at radius 1 is 0.800 bits per heavy atom. The van der Waals surface area contributed by atoms with E-state index >= 15 is 0 Å². The van der Waals surface area contributed by atoms with Gasteiger partial charge in [0, 0.05) is 30.8 Å². The summed E-state index contributed by atoms with van der Waals surface area (Å²) in [5.74, 6) is 0. The Balaban J connectivity index is 2.00. The second kappa shape index (κ2) is 8.91. The molecule has 4 aromatic rings. The van der Waals surface area contributed by atoms with Crippen molar-refractivity contribution < 1.29 is 0 Å². The summed E-state index contributed by atoms with van der Waals surface area (Å²) in [7, 11) is 1.68. The number of hydrogen-bond acceptors (Lipinski definition) is 3. The topological polar surface area (TPSA) is 52.7 Å². The lowest BCUT2D eigenvalue weighted by atomic mass is 9.99. The van der Waals surface area contributed by atoms with E-state index in [1.165, 1.54) is 4.68 Å². The zero-order chi connectivity index (χ0) is 20.9. The van der Waals surface area contributed by atoms with E-state index in [0.29, 0.717) is 0 Å². The predicted octanol–water partition coefficient (Wildman–Crippen LogP) is 5.17. The van der Waals surface area contributed by atoms with Crippen LogP contribution >= 0.6 is 0 Å². The smallest absolute Gasteiger partial charge is 0.266 e. The molecule has 0 aliphatic carbocycles. The first-order valence-corrected chi connectivity index (χ1v) is 10.5. The number of unbranched alkanes of at least 4 members (excludes halogenated alkanes) is 2. The molecule has 0 amide bonds. The van der Waals surface area contributed by atoms with Gasteiger partial charge in [0.1, 0.15) is 5.69 Å². The zero-order valence-electron chi connectivity index (χ0n) is 17.5. The molecule has 4 rings (SSSR count). The molecular formula is C25H26N4O. The lowest BCUT2D eigenvalue weighted by molar-refractivity contribution is 0.559. The van der Waals surface area contributed by atoms with Gasteiger partial charge in [-0.15, -0.1) is 0 Å². The molecular weight excluding hydrogens is 372 g/mol. The molecule has 5 nitrogen and oxygen atoms in total. The van der Waals surface area contributed by atoms with Crippen molar-refractivity contribution in [3.63, 3.8) is 0 Å². The highest BCUT2D eigenvalue weighted by atomic mass is 16.1. The van der Waals surface area contributed by atoms with E-state index in [9.17, 15) is 4.79 Å². The molecule has 0 saturated carbocycles. The van der Waals surface area contributed by atoms with Crippen molar-refractivity contribution in [3.8, 4) is 33.8 Å². The molecule has 2 aromatic carbocycles.